The molecule has 86 valence electrons. The van der Waals surface area contributed by atoms with E-state index in [1.54, 1.807) is 0 Å². The second-order valence-corrected chi connectivity index (χ2v) is 5.40. The zero-order valence-electron chi connectivity index (χ0n) is 7.54. The fraction of sp³-hybridized carbons (Fsp3) is 0.143. The molecule has 0 aliphatic carbocycles. The van der Waals surface area contributed by atoms with Crippen molar-refractivity contribution in [3.8, 4) is 11.5 Å². The first-order chi connectivity index (χ1) is 7.39. The molecule has 0 atom stereocenters. The van der Waals surface area contributed by atoms with Crippen LogP contribution in [0.3, 0.4) is 0 Å². The smallest absolute Gasteiger partial charge is 0.293 e. The van der Waals surface area contributed by atoms with Crippen molar-refractivity contribution >= 4 is 25.4 Å². The summed E-state index contributed by atoms with van der Waals surface area (Å²) >= 11 is 0. The Kier molecular flexibility index (Phi) is 2.39. The molecule has 0 amide bonds. The summed E-state index contributed by atoms with van der Waals surface area (Å²) in [6.45, 7) is -0.113. The van der Waals surface area contributed by atoms with Gasteiger partial charge in [-0.25, -0.2) is 8.42 Å². The third-order valence-electron chi connectivity index (χ3n) is 1.91. The molecular weight excluding hydrogens is 262 g/mol. The first kappa shape index (κ1) is 11.0. The molecule has 0 saturated heterocycles. The zero-order chi connectivity index (χ0) is 11.9. The quantitative estimate of drug-likeness (QED) is 0.454. The number of ether oxygens (including phenoxy) is 2. The van der Waals surface area contributed by atoms with E-state index in [1.165, 1.54) is 0 Å². The third-order valence-corrected chi connectivity index (χ3v) is 3.26. The monoisotopic (exact) mass is 265 g/mol. The molecule has 0 N–H and O–H groups in total. The van der Waals surface area contributed by atoms with E-state index >= 15 is 0 Å². The highest BCUT2D eigenvalue weighted by Gasteiger charge is 2.29. The summed E-state index contributed by atoms with van der Waals surface area (Å²) in [5, 5.41) is 10.7. The van der Waals surface area contributed by atoms with Crippen LogP contribution in [0.2, 0.25) is 0 Å². The van der Waals surface area contributed by atoms with Gasteiger partial charge in [-0.2, -0.15) is 0 Å². The van der Waals surface area contributed by atoms with Crippen molar-refractivity contribution in [3.63, 3.8) is 0 Å². The van der Waals surface area contributed by atoms with Gasteiger partial charge < -0.3 is 9.47 Å². The van der Waals surface area contributed by atoms with Crippen molar-refractivity contribution in [2.24, 2.45) is 0 Å². The molecule has 0 spiro atoms. The molecule has 16 heavy (non-hydrogen) atoms. The van der Waals surface area contributed by atoms with E-state index in [1.807, 2.05) is 0 Å². The van der Waals surface area contributed by atoms with Gasteiger partial charge in [0.2, 0.25) is 6.79 Å². The van der Waals surface area contributed by atoms with Gasteiger partial charge in [-0.3, -0.25) is 10.1 Å². The lowest BCUT2D eigenvalue weighted by molar-refractivity contribution is -0.387. The van der Waals surface area contributed by atoms with Gasteiger partial charge in [0.05, 0.1) is 11.0 Å². The Hall–Kier alpha value is -1.54. The Balaban J connectivity index is 2.72. The molecule has 1 heterocycles. The van der Waals surface area contributed by atoms with E-state index in [0.717, 1.165) is 12.1 Å². The van der Waals surface area contributed by atoms with Crippen LogP contribution < -0.4 is 9.47 Å². The number of hydrogen-bond acceptors (Lipinski definition) is 6. The number of nitrogens with zero attached hydrogens (tertiary/aromatic N) is 1. The Labute approximate surface area is 94.1 Å². The highest BCUT2D eigenvalue weighted by atomic mass is 35.7. The molecule has 0 aromatic heterocycles. The summed E-state index contributed by atoms with van der Waals surface area (Å²) in [4.78, 5) is 9.20. The Morgan fingerprint density at radius 3 is 2.38 bits per heavy atom. The maximum absolute atomic E-state index is 11.1. The molecule has 0 radical (unpaired) electrons. The standard InChI is InChI=1S/C7H4ClNO6S/c8-16(12,13)7-2-6-5(14-3-15-6)1-4(7)9(10)11/h1-2H,3H2. The van der Waals surface area contributed by atoms with Crippen LogP contribution in [0.15, 0.2) is 17.0 Å². The van der Waals surface area contributed by atoms with Crippen LogP contribution in [0.25, 0.3) is 0 Å². The number of rotatable bonds is 2. The Morgan fingerprint density at radius 2 is 1.88 bits per heavy atom. The molecule has 1 aliphatic heterocycles. The number of fused-ring (bicyclic) bond motifs is 1. The van der Waals surface area contributed by atoms with Crippen molar-refractivity contribution < 1.29 is 22.8 Å². The summed E-state index contributed by atoms with van der Waals surface area (Å²) in [7, 11) is 0.876. The van der Waals surface area contributed by atoms with Gasteiger partial charge in [0, 0.05) is 16.7 Å². The second-order valence-electron chi connectivity index (χ2n) is 2.87. The van der Waals surface area contributed by atoms with Gasteiger partial charge in [0.25, 0.3) is 14.7 Å². The second kappa shape index (κ2) is 3.49. The molecule has 0 unspecified atom stereocenters. The lowest BCUT2D eigenvalue weighted by Gasteiger charge is -2.01. The molecule has 0 saturated carbocycles. The molecular formula is C7H4ClNO6S. The largest absolute Gasteiger partial charge is 0.454 e. The van der Waals surface area contributed by atoms with Crippen LogP contribution >= 0.6 is 10.7 Å². The van der Waals surface area contributed by atoms with Crippen LogP contribution in [-0.4, -0.2) is 20.1 Å². The fourth-order valence-corrected chi connectivity index (χ4v) is 2.25. The summed E-state index contributed by atoms with van der Waals surface area (Å²) in [5.74, 6) is 0.237. The highest BCUT2D eigenvalue weighted by Crippen LogP contribution is 2.40. The number of nitro groups is 1. The van der Waals surface area contributed by atoms with E-state index < -0.39 is 24.6 Å². The van der Waals surface area contributed by atoms with E-state index in [4.69, 9.17) is 20.2 Å². The maximum atomic E-state index is 11.1. The molecule has 2 rings (SSSR count). The molecule has 1 aromatic rings. The Morgan fingerprint density at radius 1 is 1.31 bits per heavy atom. The van der Waals surface area contributed by atoms with Crippen LogP contribution in [0.5, 0.6) is 11.5 Å². The maximum Gasteiger partial charge on any atom is 0.293 e. The summed E-state index contributed by atoms with van der Waals surface area (Å²) in [6.07, 6.45) is 0. The predicted octanol–water partition coefficient (Wildman–Crippen LogP) is 1.25. The highest BCUT2D eigenvalue weighted by molar-refractivity contribution is 8.13. The first-order valence-corrected chi connectivity index (χ1v) is 6.23. The van der Waals surface area contributed by atoms with Gasteiger partial charge in [-0.15, -0.1) is 0 Å². The van der Waals surface area contributed by atoms with Crippen molar-refractivity contribution in [2.45, 2.75) is 4.90 Å². The molecule has 1 aliphatic rings. The van der Waals surface area contributed by atoms with Crippen LogP contribution in [0.1, 0.15) is 0 Å². The zero-order valence-corrected chi connectivity index (χ0v) is 9.12. The van der Waals surface area contributed by atoms with Crippen LogP contribution in [0, 0.1) is 10.1 Å². The van der Waals surface area contributed by atoms with Gasteiger partial charge in [0.15, 0.2) is 16.4 Å². The summed E-state index contributed by atoms with van der Waals surface area (Å²) < 4.78 is 32.0. The van der Waals surface area contributed by atoms with Crippen molar-refractivity contribution in [1.82, 2.24) is 0 Å². The van der Waals surface area contributed by atoms with Crippen molar-refractivity contribution in [1.29, 1.82) is 0 Å². The third kappa shape index (κ3) is 1.76. The predicted molar refractivity (Wildman–Crippen MR) is 52.3 cm³/mol. The number of benzene rings is 1. The number of hydrogen-bond donors (Lipinski definition) is 0. The van der Waals surface area contributed by atoms with Gasteiger partial charge in [0.1, 0.15) is 0 Å². The SMILES string of the molecule is O=[N+]([O-])c1cc2c(cc1S(=O)(=O)Cl)OCO2. The summed E-state index contributed by atoms with van der Waals surface area (Å²) in [5.41, 5.74) is -0.640. The summed E-state index contributed by atoms with van der Waals surface area (Å²) in [6, 6.07) is 1.94. The van der Waals surface area contributed by atoms with Gasteiger partial charge in [-0.1, -0.05) is 0 Å². The van der Waals surface area contributed by atoms with Crippen LogP contribution in [0.4, 0.5) is 5.69 Å². The lowest BCUT2D eigenvalue weighted by atomic mass is 10.3. The van der Waals surface area contributed by atoms with E-state index in [9.17, 15) is 18.5 Å². The Bertz CT molecular complexity index is 568. The minimum Gasteiger partial charge on any atom is -0.454 e. The lowest BCUT2D eigenvalue weighted by Crippen LogP contribution is -1.98. The van der Waals surface area contributed by atoms with Crippen LogP contribution in [-0.2, 0) is 9.05 Å². The van der Waals surface area contributed by atoms with E-state index in [-0.39, 0.29) is 18.3 Å². The normalized spacial score (nSPS) is 13.8. The average molecular weight is 266 g/mol. The van der Waals surface area contributed by atoms with Gasteiger partial charge in [-0.05, 0) is 0 Å². The molecule has 1 aromatic carbocycles. The van der Waals surface area contributed by atoms with Crippen molar-refractivity contribution in [3.05, 3.63) is 22.2 Å². The minimum absolute atomic E-state index is 0.113. The average Bonchev–Trinajstić information content (AvgIpc) is 2.60. The molecule has 0 bridgehead atoms. The minimum atomic E-state index is -4.21. The number of nitro benzene ring substituents is 1. The molecule has 9 heteroatoms. The van der Waals surface area contributed by atoms with Gasteiger partial charge >= 0.3 is 0 Å². The van der Waals surface area contributed by atoms with E-state index in [2.05, 4.69) is 0 Å². The molecule has 0 fully saturated rings. The van der Waals surface area contributed by atoms with Crippen molar-refractivity contribution in [2.75, 3.05) is 6.79 Å². The topological polar surface area (TPSA) is 95.7 Å². The number of halogens is 1. The fourth-order valence-electron chi connectivity index (χ4n) is 1.25. The first-order valence-electron chi connectivity index (χ1n) is 3.92. The van der Waals surface area contributed by atoms with E-state index in [0.29, 0.717) is 0 Å². The molecule has 7 nitrogen and oxygen atoms in total.